The Bertz CT molecular complexity index is 1260. The maximum Gasteiger partial charge on any atom is 0.416 e. The van der Waals surface area contributed by atoms with Crippen LogP contribution in [0.15, 0.2) is 30.3 Å². The number of fused-ring (bicyclic) bond motifs is 1. The first-order valence-corrected chi connectivity index (χ1v) is 12.6. The van der Waals surface area contributed by atoms with E-state index in [0.29, 0.717) is 12.1 Å². The molecule has 2 aromatic carbocycles. The van der Waals surface area contributed by atoms with Crippen LogP contribution in [-0.4, -0.2) is 35.8 Å². The molecule has 0 bridgehead atoms. The third-order valence-electron chi connectivity index (χ3n) is 6.08. The number of hydrogen-bond acceptors (Lipinski definition) is 4. The molecule has 2 atom stereocenters. The van der Waals surface area contributed by atoms with Gasteiger partial charge in [-0.25, -0.2) is 9.59 Å². The minimum Gasteiger partial charge on any atom is -0.453 e. The minimum absolute atomic E-state index is 0.00441. The molecule has 6 nitrogen and oxygen atoms in total. The lowest BCUT2D eigenvalue weighted by atomic mass is 9.90. The summed E-state index contributed by atoms with van der Waals surface area (Å²) >= 11 is 12.7. The number of amides is 2. The van der Waals surface area contributed by atoms with E-state index in [1.54, 1.807) is 27.7 Å². The average Bonchev–Trinajstić information content (AvgIpc) is 2.81. The lowest BCUT2D eigenvalue weighted by Gasteiger charge is -2.43. The second kappa shape index (κ2) is 11.2. The molecule has 40 heavy (non-hydrogen) atoms. The molecule has 2 amide bonds. The monoisotopic (exact) mass is 614 g/mol. The van der Waals surface area contributed by atoms with Gasteiger partial charge < -0.3 is 9.47 Å². The predicted molar refractivity (Wildman–Crippen MR) is 136 cm³/mol. The van der Waals surface area contributed by atoms with Crippen LogP contribution in [0.4, 0.5) is 41.6 Å². The number of hydrogen-bond donors (Lipinski definition) is 0. The van der Waals surface area contributed by atoms with Crippen molar-refractivity contribution in [1.29, 1.82) is 0 Å². The molecular weight excluding hydrogens is 589 g/mol. The van der Waals surface area contributed by atoms with E-state index < -0.39 is 65.5 Å². The normalized spacial score (nSPS) is 17.8. The standard InChI is InChI=1S/C26H26Cl2F6N2O4/c1-13-8-19(17-6-7-18(27)20(28)21(17)36(13)23(38)40-24(2,3)4)35(22(37)39-5)12-14-9-15(25(29,30)31)11-16(10-14)26(32,33)34/h6-7,9-11,13,19H,8,12H2,1-5H3. The van der Waals surface area contributed by atoms with Crippen LogP contribution in [0, 0.1) is 0 Å². The maximum atomic E-state index is 13.5. The van der Waals surface area contributed by atoms with Crippen LogP contribution in [0.1, 0.15) is 62.4 Å². The van der Waals surface area contributed by atoms with E-state index >= 15 is 0 Å². The fourth-order valence-electron chi connectivity index (χ4n) is 4.45. The summed E-state index contributed by atoms with van der Waals surface area (Å²) in [7, 11) is 1.03. The van der Waals surface area contributed by atoms with Crippen molar-refractivity contribution in [2.45, 2.75) is 70.7 Å². The molecule has 220 valence electrons. The molecule has 0 radical (unpaired) electrons. The summed E-state index contributed by atoms with van der Waals surface area (Å²) in [6, 6.07) is 2.30. The molecular formula is C26H26Cl2F6N2O4. The van der Waals surface area contributed by atoms with Crippen molar-refractivity contribution in [2.75, 3.05) is 12.0 Å². The van der Waals surface area contributed by atoms with Gasteiger partial charge in [0.15, 0.2) is 0 Å². The van der Waals surface area contributed by atoms with Crippen LogP contribution in [0.5, 0.6) is 0 Å². The molecule has 0 saturated heterocycles. The van der Waals surface area contributed by atoms with Gasteiger partial charge in [-0.05, 0) is 63.9 Å². The highest BCUT2D eigenvalue weighted by atomic mass is 35.5. The Labute approximate surface area is 236 Å². The summed E-state index contributed by atoms with van der Waals surface area (Å²) in [6.07, 6.45) is -11.9. The third-order valence-corrected chi connectivity index (χ3v) is 6.88. The second-order valence-corrected chi connectivity index (χ2v) is 11.0. The summed E-state index contributed by atoms with van der Waals surface area (Å²) in [4.78, 5) is 28.3. The van der Waals surface area contributed by atoms with Gasteiger partial charge in [-0.3, -0.25) is 9.80 Å². The number of rotatable bonds is 3. The third kappa shape index (κ3) is 6.88. The molecule has 1 aliphatic rings. The van der Waals surface area contributed by atoms with E-state index in [1.165, 1.54) is 17.0 Å². The summed E-state index contributed by atoms with van der Waals surface area (Å²) in [5.41, 5.74) is -3.99. The molecule has 1 heterocycles. The zero-order chi connectivity index (χ0) is 30.4. The van der Waals surface area contributed by atoms with Gasteiger partial charge in [0.25, 0.3) is 0 Å². The van der Waals surface area contributed by atoms with E-state index in [4.69, 9.17) is 32.7 Å². The number of ether oxygens (including phenoxy) is 2. The average molecular weight is 615 g/mol. The Morgan fingerprint density at radius 1 is 1.00 bits per heavy atom. The quantitative estimate of drug-likeness (QED) is 0.324. The SMILES string of the molecule is COC(=O)N(Cc1cc(C(F)(F)F)cc(C(F)(F)F)c1)C1CC(C)N(C(=O)OC(C)(C)C)c2c1ccc(Cl)c2Cl. The molecule has 0 N–H and O–H groups in total. The Balaban J connectivity index is 2.16. The molecule has 0 fully saturated rings. The van der Waals surface area contributed by atoms with Gasteiger partial charge >= 0.3 is 24.5 Å². The molecule has 0 aliphatic carbocycles. The van der Waals surface area contributed by atoms with Crippen LogP contribution in [-0.2, 0) is 28.4 Å². The van der Waals surface area contributed by atoms with E-state index in [1.807, 2.05) is 0 Å². The molecule has 3 rings (SSSR count). The zero-order valence-corrected chi connectivity index (χ0v) is 23.5. The first kappa shape index (κ1) is 31.7. The highest BCUT2D eigenvalue weighted by Gasteiger charge is 2.42. The van der Waals surface area contributed by atoms with Gasteiger partial charge in [-0.15, -0.1) is 0 Å². The number of carbonyl (C=O) groups is 2. The maximum absolute atomic E-state index is 13.5. The van der Waals surface area contributed by atoms with Crippen molar-refractivity contribution in [3.8, 4) is 0 Å². The summed E-state index contributed by atoms with van der Waals surface area (Å²) < 4.78 is 91.2. The van der Waals surface area contributed by atoms with Crippen molar-refractivity contribution in [1.82, 2.24) is 4.90 Å². The van der Waals surface area contributed by atoms with Gasteiger partial charge in [0.2, 0.25) is 0 Å². The number of benzene rings is 2. The predicted octanol–water partition coefficient (Wildman–Crippen LogP) is 8.87. The number of nitrogens with zero attached hydrogens (tertiary/aromatic N) is 2. The van der Waals surface area contributed by atoms with E-state index in [-0.39, 0.29) is 33.8 Å². The fourth-order valence-corrected chi connectivity index (χ4v) is 4.86. The molecule has 0 spiro atoms. The summed E-state index contributed by atoms with van der Waals surface area (Å²) in [5, 5.41) is 0.0176. The van der Waals surface area contributed by atoms with Crippen LogP contribution < -0.4 is 4.90 Å². The molecule has 2 unspecified atom stereocenters. The first-order valence-electron chi connectivity index (χ1n) is 11.9. The van der Waals surface area contributed by atoms with Crippen LogP contribution >= 0.6 is 23.2 Å². The van der Waals surface area contributed by atoms with Gasteiger partial charge in [-0.2, -0.15) is 26.3 Å². The van der Waals surface area contributed by atoms with Gasteiger partial charge in [0.05, 0.1) is 40.0 Å². The number of methoxy groups -OCH3 is 1. The highest BCUT2D eigenvalue weighted by molar-refractivity contribution is 6.44. The molecule has 14 heteroatoms. The fraction of sp³-hybridized carbons (Fsp3) is 0.462. The molecule has 0 aromatic heterocycles. The largest absolute Gasteiger partial charge is 0.453 e. The van der Waals surface area contributed by atoms with Gasteiger partial charge in [0.1, 0.15) is 5.60 Å². The van der Waals surface area contributed by atoms with Crippen LogP contribution in [0.2, 0.25) is 10.0 Å². The van der Waals surface area contributed by atoms with Crippen LogP contribution in [0.3, 0.4) is 0 Å². The Morgan fingerprint density at radius 3 is 2.02 bits per heavy atom. The highest BCUT2D eigenvalue weighted by Crippen LogP contribution is 2.48. The zero-order valence-electron chi connectivity index (χ0n) is 22.0. The number of anilines is 1. The lowest BCUT2D eigenvalue weighted by Crippen LogP contribution is -2.49. The number of halogens is 8. The summed E-state index contributed by atoms with van der Waals surface area (Å²) in [6.45, 7) is 5.92. The van der Waals surface area contributed by atoms with Crippen molar-refractivity contribution in [3.05, 3.63) is 62.6 Å². The van der Waals surface area contributed by atoms with E-state index in [9.17, 15) is 35.9 Å². The van der Waals surface area contributed by atoms with E-state index in [2.05, 4.69) is 0 Å². The molecule has 0 saturated carbocycles. The van der Waals surface area contributed by atoms with Gasteiger partial charge in [0, 0.05) is 18.2 Å². The number of alkyl halides is 6. The van der Waals surface area contributed by atoms with Crippen LogP contribution in [0.25, 0.3) is 0 Å². The van der Waals surface area contributed by atoms with Gasteiger partial charge in [-0.1, -0.05) is 29.3 Å². The van der Waals surface area contributed by atoms with Crippen molar-refractivity contribution >= 4 is 41.1 Å². The molecule has 2 aromatic rings. The summed E-state index contributed by atoms with van der Waals surface area (Å²) in [5.74, 6) is 0. The first-order chi connectivity index (χ1) is 18.2. The number of carbonyl (C=O) groups excluding carboxylic acids is 2. The van der Waals surface area contributed by atoms with Crippen molar-refractivity contribution < 1.29 is 45.4 Å². The van der Waals surface area contributed by atoms with Crippen molar-refractivity contribution in [3.63, 3.8) is 0 Å². The minimum atomic E-state index is -5.07. The Morgan fingerprint density at radius 2 is 1.55 bits per heavy atom. The topological polar surface area (TPSA) is 59.1 Å². The van der Waals surface area contributed by atoms with Crippen molar-refractivity contribution in [2.24, 2.45) is 0 Å². The Kier molecular flexibility index (Phi) is 8.86. The second-order valence-electron chi connectivity index (χ2n) is 10.3. The van der Waals surface area contributed by atoms with E-state index in [0.717, 1.165) is 12.0 Å². The lowest BCUT2D eigenvalue weighted by molar-refractivity contribution is -0.143. The smallest absolute Gasteiger partial charge is 0.416 e. The molecule has 1 aliphatic heterocycles. The Hall–Kier alpha value is -2.86.